The molecule has 8 heteroatoms. The molecule has 0 saturated carbocycles. The van der Waals surface area contributed by atoms with Crippen LogP contribution < -0.4 is 5.32 Å². The van der Waals surface area contributed by atoms with Crippen LogP contribution in [0.25, 0.3) is 0 Å². The number of morpholine rings is 1. The fraction of sp³-hybridized carbons (Fsp3) is 0.500. The molecule has 7 nitrogen and oxygen atoms in total. The highest BCUT2D eigenvalue weighted by Gasteiger charge is 2.28. The Labute approximate surface area is 151 Å². The number of hydrogen-bond acceptors (Lipinski definition) is 5. The summed E-state index contributed by atoms with van der Waals surface area (Å²) in [5, 5.41) is 2.48. The van der Waals surface area contributed by atoms with Crippen molar-refractivity contribution in [3.63, 3.8) is 0 Å². The van der Waals surface area contributed by atoms with Crippen molar-refractivity contribution in [3.8, 4) is 0 Å². The summed E-state index contributed by atoms with van der Waals surface area (Å²) in [6, 6.07) is 4.51. The van der Waals surface area contributed by atoms with Crippen molar-refractivity contribution in [2.24, 2.45) is 5.92 Å². The molecule has 1 N–H and O–H groups in total. The minimum atomic E-state index is -0.986. The highest BCUT2D eigenvalue weighted by molar-refractivity contribution is 5.97. The maximum atomic E-state index is 13.7. The third-order valence-electron chi connectivity index (χ3n) is 4.03. The summed E-state index contributed by atoms with van der Waals surface area (Å²) < 4.78 is 23.9. The zero-order chi connectivity index (χ0) is 19.1. The number of carbonyl (C=O) groups excluding carboxylic acids is 3. The van der Waals surface area contributed by atoms with Crippen LogP contribution in [0.1, 0.15) is 24.2 Å². The molecule has 1 atom stereocenters. The second-order valence-electron chi connectivity index (χ2n) is 6.28. The van der Waals surface area contributed by atoms with E-state index >= 15 is 0 Å². The van der Waals surface area contributed by atoms with E-state index in [2.05, 4.69) is 5.32 Å². The van der Waals surface area contributed by atoms with Gasteiger partial charge in [-0.25, -0.2) is 9.18 Å². The lowest BCUT2D eigenvalue weighted by Gasteiger charge is -2.27. The smallest absolute Gasteiger partial charge is 0.329 e. The van der Waals surface area contributed by atoms with Crippen LogP contribution in [0.5, 0.6) is 0 Å². The van der Waals surface area contributed by atoms with Gasteiger partial charge >= 0.3 is 5.97 Å². The lowest BCUT2D eigenvalue weighted by atomic mass is 10.0. The third kappa shape index (κ3) is 5.26. The van der Waals surface area contributed by atoms with E-state index in [4.69, 9.17) is 9.47 Å². The lowest BCUT2D eigenvalue weighted by molar-refractivity contribution is -0.155. The molecule has 0 aromatic heterocycles. The molecule has 142 valence electrons. The number of benzene rings is 1. The van der Waals surface area contributed by atoms with Crippen LogP contribution in [0.15, 0.2) is 24.3 Å². The van der Waals surface area contributed by atoms with Crippen molar-refractivity contribution in [2.45, 2.75) is 19.9 Å². The SMILES string of the molecule is CC(C)[C@H](NC(=O)c1ccccc1F)C(=O)OCC(=O)N1CCOCC1. The van der Waals surface area contributed by atoms with Crippen molar-refractivity contribution < 1.29 is 28.2 Å². The first-order valence-corrected chi connectivity index (χ1v) is 8.47. The quantitative estimate of drug-likeness (QED) is 0.759. The molecule has 2 amide bonds. The summed E-state index contributed by atoms with van der Waals surface area (Å²) >= 11 is 0. The van der Waals surface area contributed by atoms with Crippen molar-refractivity contribution in [1.29, 1.82) is 0 Å². The van der Waals surface area contributed by atoms with Gasteiger partial charge in [0.15, 0.2) is 6.61 Å². The summed E-state index contributed by atoms with van der Waals surface area (Å²) in [6.07, 6.45) is 0. The van der Waals surface area contributed by atoms with Crippen molar-refractivity contribution in [2.75, 3.05) is 32.9 Å². The van der Waals surface area contributed by atoms with Gasteiger partial charge in [0, 0.05) is 13.1 Å². The number of esters is 1. The molecule has 1 saturated heterocycles. The van der Waals surface area contributed by atoms with Gasteiger partial charge in [0.2, 0.25) is 0 Å². The average Bonchev–Trinajstić information content (AvgIpc) is 2.64. The minimum Gasteiger partial charge on any atom is -0.454 e. The van der Waals surface area contributed by atoms with E-state index in [-0.39, 0.29) is 17.4 Å². The maximum absolute atomic E-state index is 13.7. The van der Waals surface area contributed by atoms with E-state index in [1.807, 2.05) is 0 Å². The topological polar surface area (TPSA) is 84.9 Å². The van der Waals surface area contributed by atoms with E-state index in [0.717, 1.165) is 0 Å². The number of halogens is 1. The molecule has 1 aromatic carbocycles. The molecule has 26 heavy (non-hydrogen) atoms. The maximum Gasteiger partial charge on any atom is 0.329 e. The van der Waals surface area contributed by atoms with Crippen LogP contribution in [-0.4, -0.2) is 61.6 Å². The Morgan fingerprint density at radius 3 is 2.50 bits per heavy atom. The first kappa shape index (κ1) is 19.8. The van der Waals surface area contributed by atoms with E-state index in [1.54, 1.807) is 18.7 Å². The number of ether oxygens (including phenoxy) is 2. The Bertz CT molecular complexity index is 659. The third-order valence-corrected chi connectivity index (χ3v) is 4.03. The number of amides is 2. The van der Waals surface area contributed by atoms with Gasteiger partial charge in [-0.15, -0.1) is 0 Å². The fourth-order valence-electron chi connectivity index (χ4n) is 2.49. The number of carbonyl (C=O) groups is 3. The highest BCUT2D eigenvalue weighted by atomic mass is 19.1. The minimum absolute atomic E-state index is 0.157. The summed E-state index contributed by atoms with van der Waals surface area (Å²) in [4.78, 5) is 38.1. The summed E-state index contributed by atoms with van der Waals surface area (Å²) in [5.41, 5.74) is -0.157. The van der Waals surface area contributed by atoms with Gasteiger partial charge in [0.1, 0.15) is 11.9 Å². The molecule has 1 aliphatic heterocycles. The van der Waals surface area contributed by atoms with E-state index in [9.17, 15) is 18.8 Å². The van der Waals surface area contributed by atoms with Crippen LogP contribution in [-0.2, 0) is 19.1 Å². The van der Waals surface area contributed by atoms with Crippen LogP contribution >= 0.6 is 0 Å². The monoisotopic (exact) mass is 366 g/mol. The van der Waals surface area contributed by atoms with Gasteiger partial charge in [0.25, 0.3) is 11.8 Å². The van der Waals surface area contributed by atoms with E-state index in [0.29, 0.717) is 26.3 Å². The molecule has 1 fully saturated rings. The van der Waals surface area contributed by atoms with Crippen molar-refractivity contribution in [3.05, 3.63) is 35.6 Å². The van der Waals surface area contributed by atoms with Crippen molar-refractivity contribution in [1.82, 2.24) is 10.2 Å². The Morgan fingerprint density at radius 1 is 1.23 bits per heavy atom. The highest BCUT2D eigenvalue weighted by Crippen LogP contribution is 2.10. The Morgan fingerprint density at radius 2 is 1.88 bits per heavy atom. The predicted molar refractivity (Wildman–Crippen MR) is 90.9 cm³/mol. The molecule has 0 radical (unpaired) electrons. The van der Waals surface area contributed by atoms with Gasteiger partial charge < -0.3 is 19.7 Å². The molecule has 1 aromatic rings. The Hall–Kier alpha value is -2.48. The molecule has 1 aliphatic rings. The van der Waals surface area contributed by atoms with Gasteiger partial charge in [-0.1, -0.05) is 26.0 Å². The van der Waals surface area contributed by atoms with Gasteiger partial charge in [-0.2, -0.15) is 0 Å². The zero-order valence-electron chi connectivity index (χ0n) is 14.9. The fourth-order valence-corrected chi connectivity index (χ4v) is 2.49. The first-order chi connectivity index (χ1) is 12.4. The standard InChI is InChI=1S/C18H23FN2O5/c1-12(2)16(20-17(23)13-5-3-4-6-14(13)19)18(24)26-11-15(22)21-7-9-25-10-8-21/h3-6,12,16H,7-11H2,1-2H3,(H,20,23)/t16-/m0/s1. The molecule has 0 spiro atoms. The summed E-state index contributed by atoms with van der Waals surface area (Å²) in [6.45, 7) is 4.84. The number of rotatable bonds is 6. The molecule has 2 rings (SSSR count). The number of nitrogens with one attached hydrogen (secondary N) is 1. The molecule has 0 unspecified atom stereocenters. The predicted octanol–water partition coefficient (Wildman–Crippen LogP) is 0.982. The Balaban J connectivity index is 1.93. The zero-order valence-corrected chi connectivity index (χ0v) is 14.9. The number of nitrogens with zero attached hydrogens (tertiary/aromatic N) is 1. The first-order valence-electron chi connectivity index (χ1n) is 8.47. The lowest BCUT2D eigenvalue weighted by Crippen LogP contribution is -2.47. The van der Waals surface area contributed by atoms with Gasteiger partial charge in [-0.05, 0) is 18.1 Å². The van der Waals surface area contributed by atoms with Gasteiger partial charge in [0.05, 0.1) is 18.8 Å². The normalized spacial score (nSPS) is 15.5. The van der Waals surface area contributed by atoms with E-state index in [1.165, 1.54) is 24.3 Å². The molecular weight excluding hydrogens is 343 g/mol. The Kier molecular flexibility index (Phi) is 7.08. The van der Waals surface area contributed by atoms with Crippen molar-refractivity contribution >= 4 is 17.8 Å². The number of hydrogen-bond donors (Lipinski definition) is 1. The van der Waals surface area contributed by atoms with E-state index < -0.39 is 30.3 Å². The molecule has 0 aliphatic carbocycles. The molecule has 0 bridgehead atoms. The molecular formula is C18H23FN2O5. The average molecular weight is 366 g/mol. The van der Waals surface area contributed by atoms with Gasteiger partial charge in [-0.3, -0.25) is 9.59 Å². The van der Waals surface area contributed by atoms with Crippen LogP contribution in [0.4, 0.5) is 4.39 Å². The summed E-state index contributed by atoms with van der Waals surface area (Å²) in [7, 11) is 0. The summed E-state index contributed by atoms with van der Waals surface area (Å²) in [5.74, 6) is -2.73. The second-order valence-corrected chi connectivity index (χ2v) is 6.28. The van der Waals surface area contributed by atoms with Crippen LogP contribution in [0, 0.1) is 11.7 Å². The van der Waals surface area contributed by atoms with Crippen LogP contribution in [0.3, 0.4) is 0 Å². The molecule has 1 heterocycles. The largest absolute Gasteiger partial charge is 0.454 e. The second kappa shape index (κ2) is 9.28. The van der Waals surface area contributed by atoms with Crippen LogP contribution in [0.2, 0.25) is 0 Å².